The van der Waals surface area contributed by atoms with Crippen molar-refractivity contribution in [1.82, 2.24) is 0 Å². The Kier molecular flexibility index (Phi) is 3.67. The van der Waals surface area contributed by atoms with Crippen molar-refractivity contribution in [2.45, 2.75) is 13.5 Å². The van der Waals surface area contributed by atoms with Crippen molar-refractivity contribution in [3.63, 3.8) is 0 Å². The van der Waals surface area contributed by atoms with Gasteiger partial charge in [-0.15, -0.1) is 0 Å². The molecule has 0 saturated carbocycles. The van der Waals surface area contributed by atoms with Crippen molar-refractivity contribution in [2.24, 2.45) is 0 Å². The van der Waals surface area contributed by atoms with Crippen molar-refractivity contribution in [1.29, 1.82) is 0 Å². The van der Waals surface area contributed by atoms with Gasteiger partial charge in [-0.2, -0.15) is 8.78 Å². The highest BCUT2D eigenvalue weighted by Crippen LogP contribution is 2.36. The molecule has 0 saturated heterocycles. The molecule has 0 fully saturated rings. The Hall–Kier alpha value is -0.160. The summed E-state index contributed by atoms with van der Waals surface area (Å²) in [5.41, 5.74) is 0.846. The number of hydrogen-bond donors (Lipinski definition) is 0. The predicted molar refractivity (Wildman–Crippen MR) is 53.2 cm³/mol. The average molecular weight is 316 g/mol. The number of aryl methyl sites for hydroxylation is 1. The first kappa shape index (κ1) is 10.9. The number of hydrogen-bond acceptors (Lipinski definition) is 1. The summed E-state index contributed by atoms with van der Waals surface area (Å²) < 4.78 is 29.3. The molecule has 0 radical (unpaired) electrons. The first-order valence-electron chi connectivity index (χ1n) is 3.41. The maximum atomic E-state index is 11.9. The molecule has 1 aromatic carbocycles. The molecule has 1 rings (SSSR count). The molecule has 0 unspecified atom stereocenters. The van der Waals surface area contributed by atoms with E-state index in [4.69, 9.17) is 0 Å². The van der Waals surface area contributed by atoms with Gasteiger partial charge in [-0.3, -0.25) is 0 Å². The lowest BCUT2D eigenvalue weighted by atomic mass is 10.2. The van der Waals surface area contributed by atoms with Gasteiger partial charge in [0, 0.05) is 0 Å². The molecule has 0 aliphatic rings. The van der Waals surface area contributed by atoms with Crippen LogP contribution >= 0.6 is 31.9 Å². The summed E-state index contributed by atoms with van der Waals surface area (Å²) in [6, 6.07) is 3.46. The van der Waals surface area contributed by atoms with E-state index in [1.54, 1.807) is 19.1 Å². The Morgan fingerprint density at radius 2 is 1.92 bits per heavy atom. The van der Waals surface area contributed by atoms with E-state index in [2.05, 4.69) is 36.6 Å². The van der Waals surface area contributed by atoms with Crippen LogP contribution in [0.1, 0.15) is 5.56 Å². The molecule has 72 valence electrons. The molecule has 1 aromatic rings. The molecule has 5 heteroatoms. The summed E-state index contributed by atoms with van der Waals surface area (Å²) in [6.07, 6.45) is 0. The summed E-state index contributed by atoms with van der Waals surface area (Å²) in [7, 11) is 0. The fraction of sp³-hybridized carbons (Fsp3) is 0.250. The van der Waals surface area contributed by atoms with Crippen molar-refractivity contribution < 1.29 is 13.5 Å². The number of ether oxygens (including phenoxy) is 1. The van der Waals surface area contributed by atoms with Crippen LogP contribution in [-0.2, 0) is 0 Å². The topological polar surface area (TPSA) is 9.23 Å². The van der Waals surface area contributed by atoms with E-state index in [1.165, 1.54) is 0 Å². The summed E-state index contributed by atoms with van der Waals surface area (Å²) in [4.78, 5) is 0. The summed E-state index contributed by atoms with van der Waals surface area (Å²) in [5.74, 6) is 0.134. The summed E-state index contributed by atoms with van der Waals surface area (Å²) >= 11 is 6.29. The smallest absolute Gasteiger partial charge is 0.387 e. The lowest BCUT2D eigenvalue weighted by Gasteiger charge is -2.10. The van der Waals surface area contributed by atoms with Crippen LogP contribution in [0, 0.1) is 6.92 Å². The fourth-order valence-electron chi connectivity index (χ4n) is 0.828. The number of rotatable bonds is 2. The zero-order valence-corrected chi connectivity index (χ0v) is 9.82. The summed E-state index contributed by atoms with van der Waals surface area (Å²) in [5, 5.41) is 0. The van der Waals surface area contributed by atoms with Gasteiger partial charge >= 0.3 is 6.61 Å². The Labute approximate surface area is 91.3 Å². The quantitative estimate of drug-likeness (QED) is 0.797. The molecule has 0 bridgehead atoms. The van der Waals surface area contributed by atoms with Gasteiger partial charge in [0.05, 0.1) is 8.95 Å². The standard InChI is InChI=1S/C8H6Br2F2O/c1-4-2-3-5(9)7(6(4)10)13-8(11)12/h2-3,8H,1H3. The van der Waals surface area contributed by atoms with E-state index in [-0.39, 0.29) is 5.75 Å². The van der Waals surface area contributed by atoms with Crippen molar-refractivity contribution >= 4 is 31.9 Å². The summed E-state index contributed by atoms with van der Waals surface area (Å²) in [6.45, 7) is -1.01. The number of benzene rings is 1. The third-order valence-corrected chi connectivity index (χ3v) is 3.06. The minimum atomic E-state index is -2.81. The predicted octanol–water partition coefficient (Wildman–Crippen LogP) is 4.12. The molecule has 1 nitrogen and oxygen atoms in total. The zero-order valence-electron chi connectivity index (χ0n) is 6.65. The van der Waals surface area contributed by atoms with Crippen LogP contribution < -0.4 is 4.74 Å². The van der Waals surface area contributed by atoms with Gasteiger partial charge in [0.1, 0.15) is 0 Å². The van der Waals surface area contributed by atoms with Crippen LogP contribution in [0.25, 0.3) is 0 Å². The molecule has 0 amide bonds. The van der Waals surface area contributed by atoms with Gasteiger partial charge in [-0.1, -0.05) is 6.07 Å². The van der Waals surface area contributed by atoms with Crippen LogP contribution in [0.2, 0.25) is 0 Å². The van der Waals surface area contributed by atoms with Crippen LogP contribution in [0.3, 0.4) is 0 Å². The van der Waals surface area contributed by atoms with Gasteiger partial charge in [0.25, 0.3) is 0 Å². The third-order valence-electron chi connectivity index (χ3n) is 1.45. The highest BCUT2D eigenvalue weighted by atomic mass is 79.9. The van der Waals surface area contributed by atoms with Crippen LogP contribution in [0.5, 0.6) is 5.75 Å². The first-order chi connectivity index (χ1) is 6.02. The minimum absolute atomic E-state index is 0.134. The SMILES string of the molecule is Cc1ccc(Br)c(OC(F)F)c1Br. The molecule has 0 aliphatic carbocycles. The Bertz CT molecular complexity index is 315. The van der Waals surface area contributed by atoms with Crippen molar-refractivity contribution in [2.75, 3.05) is 0 Å². The van der Waals surface area contributed by atoms with Gasteiger partial charge in [0.2, 0.25) is 0 Å². The molecule has 0 heterocycles. The monoisotopic (exact) mass is 314 g/mol. The maximum Gasteiger partial charge on any atom is 0.387 e. The van der Waals surface area contributed by atoms with E-state index >= 15 is 0 Å². The lowest BCUT2D eigenvalue weighted by Crippen LogP contribution is -2.03. The molecular weight excluding hydrogens is 310 g/mol. The molecule has 0 atom stereocenters. The highest BCUT2D eigenvalue weighted by molar-refractivity contribution is 9.11. The minimum Gasteiger partial charge on any atom is -0.432 e. The van der Waals surface area contributed by atoms with Crippen LogP contribution in [0.4, 0.5) is 8.78 Å². The van der Waals surface area contributed by atoms with Gasteiger partial charge < -0.3 is 4.74 Å². The molecule has 0 aliphatic heterocycles. The van der Waals surface area contributed by atoms with Gasteiger partial charge in [-0.25, -0.2) is 0 Å². The largest absolute Gasteiger partial charge is 0.432 e. The third kappa shape index (κ3) is 2.64. The molecule has 0 aromatic heterocycles. The van der Waals surface area contributed by atoms with Gasteiger partial charge in [-0.05, 0) is 50.4 Å². The Morgan fingerprint density at radius 1 is 1.31 bits per heavy atom. The maximum absolute atomic E-state index is 11.9. The normalized spacial score (nSPS) is 10.6. The highest BCUT2D eigenvalue weighted by Gasteiger charge is 2.13. The second-order valence-corrected chi connectivity index (χ2v) is 4.03. The fourth-order valence-corrected chi connectivity index (χ4v) is 1.96. The number of alkyl halides is 2. The Morgan fingerprint density at radius 3 is 2.46 bits per heavy atom. The molecule has 13 heavy (non-hydrogen) atoms. The van der Waals surface area contributed by atoms with Crippen LogP contribution in [-0.4, -0.2) is 6.61 Å². The second kappa shape index (κ2) is 4.37. The van der Waals surface area contributed by atoms with Crippen molar-refractivity contribution in [3.8, 4) is 5.75 Å². The lowest BCUT2D eigenvalue weighted by molar-refractivity contribution is -0.0508. The van der Waals surface area contributed by atoms with E-state index in [0.29, 0.717) is 8.95 Å². The molecule has 0 N–H and O–H groups in total. The van der Waals surface area contributed by atoms with Crippen molar-refractivity contribution in [3.05, 3.63) is 26.6 Å². The Balaban J connectivity index is 3.10. The van der Waals surface area contributed by atoms with Gasteiger partial charge in [0.15, 0.2) is 5.75 Å². The first-order valence-corrected chi connectivity index (χ1v) is 5.00. The second-order valence-electron chi connectivity index (χ2n) is 2.39. The van der Waals surface area contributed by atoms with E-state index in [0.717, 1.165) is 5.56 Å². The van der Waals surface area contributed by atoms with E-state index in [9.17, 15) is 8.78 Å². The molecular formula is C8H6Br2F2O. The number of halogens is 4. The zero-order chi connectivity index (χ0) is 10.0. The van der Waals surface area contributed by atoms with E-state index in [1.807, 2.05) is 0 Å². The average Bonchev–Trinajstić information content (AvgIpc) is 2.05. The van der Waals surface area contributed by atoms with Crippen LogP contribution in [0.15, 0.2) is 21.1 Å². The molecule has 0 spiro atoms. The van der Waals surface area contributed by atoms with E-state index < -0.39 is 6.61 Å².